The van der Waals surface area contributed by atoms with Gasteiger partial charge < -0.3 is 9.80 Å². The van der Waals surface area contributed by atoms with Crippen LogP contribution >= 0.6 is 15.9 Å². The molecular formula is C10H21BrN2. The zero-order valence-electron chi connectivity index (χ0n) is 8.80. The Balaban J connectivity index is 2.09. The molecule has 1 aliphatic rings. The van der Waals surface area contributed by atoms with Crippen molar-refractivity contribution >= 4 is 15.9 Å². The largest absolute Gasteiger partial charge is 0.306 e. The maximum atomic E-state index is 3.47. The van der Waals surface area contributed by atoms with Gasteiger partial charge in [0.05, 0.1) is 0 Å². The van der Waals surface area contributed by atoms with Gasteiger partial charge in [-0.2, -0.15) is 0 Å². The van der Waals surface area contributed by atoms with Crippen LogP contribution in [-0.2, 0) is 0 Å². The van der Waals surface area contributed by atoms with Gasteiger partial charge in [0.25, 0.3) is 0 Å². The van der Waals surface area contributed by atoms with Gasteiger partial charge in [-0.15, -0.1) is 0 Å². The number of rotatable bonds is 5. The molecule has 0 spiro atoms. The van der Waals surface area contributed by atoms with Gasteiger partial charge >= 0.3 is 0 Å². The number of alkyl halides is 1. The summed E-state index contributed by atoms with van der Waals surface area (Å²) in [7, 11) is 4.46. The lowest BCUT2D eigenvalue weighted by Crippen LogP contribution is -2.28. The first kappa shape index (κ1) is 11.5. The molecule has 13 heavy (non-hydrogen) atoms. The van der Waals surface area contributed by atoms with E-state index in [2.05, 4.69) is 39.8 Å². The summed E-state index contributed by atoms with van der Waals surface area (Å²) in [5, 5.41) is 1.13. The van der Waals surface area contributed by atoms with E-state index in [1.165, 1.54) is 39.0 Å². The fourth-order valence-electron chi connectivity index (χ4n) is 2.04. The lowest BCUT2D eigenvalue weighted by atomic mass is 10.1. The lowest BCUT2D eigenvalue weighted by Gasteiger charge is -2.20. The van der Waals surface area contributed by atoms with Gasteiger partial charge in [0, 0.05) is 18.4 Å². The summed E-state index contributed by atoms with van der Waals surface area (Å²) in [5.74, 6) is 0.908. The Morgan fingerprint density at radius 3 is 2.85 bits per heavy atom. The van der Waals surface area contributed by atoms with Gasteiger partial charge in [0.2, 0.25) is 0 Å². The van der Waals surface area contributed by atoms with E-state index in [9.17, 15) is 0 Å². The molecule has 0 aromatic carbocycles. The van der Waals surface area contributed by atoms with Crippen molar-refractivity contribution in [2.24, 2.45) is 5.92 Å². The third kappa shape index (κ3) is 4.43. The molecule has 0 aromatic heterocycles. The molecule has 0 bridgehead atoms. The standard InChI is InChI=1S/C10H21BrN2/c1-12(6-3-5-11)8-10-4-7-13(2)9-10/h10H,3-9H2,1-2H3. The Bertz CT molecular complexity index is 141. The molecule has 3 heteroatoms. The highest BCUT2D eigenvalue weighted by Gasteiger charge is 2.20. The van der Waals surface area contributed by atoms with Gasteiger partial charge in [-0.05, 0) is 45.9 Å². The van der Waals surface area contributed by atoms with Crippen molar-refractivity contribution in [3.8, 4) is 0 Å². The summed E-state index contributed by atoms with van der Waals surface area (Å²) in [6.45, 7) is 5.08. The third-order valence-corrected chi connectivity index (χ3v) is 3.29. The monoisotopic (exact) mass is 248 g/mol. The van der Waals surface area contributed by atoms with Crippen LogP contribution in [0.2, 0.25) is 0 Å². The van der Waals surface area contributed by atoms with Crippen molar-refractivity contribution in [2.75, 3.05) is 45.6 Å². The molecule has 1 aliphatic heterocycles. The van der Waals surface area contributed by atoms with Crippen molar-refractivity contribution in [3.63, 3.8) is 0 Å². The number of hydrogen-bond donors (Lipinski definition) is 0. The zero-order chi connectivity index (χ0) is 9.68. The van der Waals surface area contributed by atoms with Gasteiger partial charge in [0.1, 0.15) is 0 Å². The molecule has 1 fully saturated rings. The molecule has 1 unspecified atom stereocenters. The van der Waals surface area contributed by atoms with Gasteiger partial charge in [-0.1, -0.05) is 15.9 Å². The minimum atomic E-state index is 0.908. The molecule has 1 heterocycles. The van der Waals surface area contributed by atoms with E-state index >= 15 is 0 Å². The summed E-state index contributed by atoms with van der Waals surface area (Å²) in [4.78, 5) is 4.90. The van der Waals surface area contributed by atoms with Crippen molar-refractivity contribution in [1.82, 2.24) is 9.80 Å². The van der Waals surface area contributed by atoms with Crippen LogP contribution in [0.1, 0.15) is 12.8 Å². The molecule has 0 saturated carbocycles. The summed E-state index contributed by atoms with van der Waals surface area (Å²) in [6.07, 6.45) is 2.65. The maximum Gasteiger partial charge on any atom is 0.00434 e. The topological polar surface area (TPSA) is 6.48 Å². The van der Waals surface area contributed by atoms with E-state index < -0.39 is 0 Å². The normalized spacial score (nSPS) is 24.5. The summed E-state index contributed by atoms with van der Waals surface area (Å²) >= 11 is 3.47. The molecule has 0 N–H and O–H groups in total. The fraction of sp³-hybridized carbons (Fsp3) is 1.00. The van der Waals surface area contributed by atoms with Crippen LogP contribution in [0.4, 0.5) is 0 Å². The fourth-order valence-corrected chi connectivity index (χ4v) is 2.29. The predicted molar refractivity (Wildman–Crippen MR) is 61.5 cm³/mol. The van der Waals surface area contributed by atoms with E-state index in [1.54, 1.807) is 0 Å². The zero-order valence-corrected chi connectivity index (χ0v) is 10.4. The summed E-state index contributed by atoms with van der Waals surface area (Å²) in [6, 6.07) is 0. The Labute approximate surface area is 90.4 Å². The van der Waals surface area contributed by atoms with Crippen LogP contribution < -0.4 is 0 Å². The highest BCUT2D eigenvalue weighted by atomic mass is 79.9. The van der Waals surface area contributed by atoms with Crippen molar-refractivity contribution in [1.29, 1.82) is 0 Å². The van der Waals surface area contributed by atoms with Crippen molar-refractivity contribution in [2.45, 2.75) is 12.8 Å². The second-order valence-corrected chi connectivity index (χ2v) is 5.01. The number of halogens is 1. The van der Waals surface area contributed by atoms with E-state index in [0.717, 1.165) is 11.2 Å². The van der Waals surface area contributed by atoms with Gasteiger partial charge in [0.15, 0.2) is 0 Å². The Morgan fingerprint density at radius 1 is 1.54 bits per heavy atom. The Kier molecular flexibility index (Phi) is 5.29. The first-order chi connectivity index (χ1) is 6.22. The van der Waals surface area contributed by atoms with Gasteiger partial charge in [-0.25, -0.2) is 0 Å². The first-order valence-corrected chi connectivity index (χ1v) is 6.27. The third-order valence-electron chi connectivity index (χ3n) is 2.73. The molecular weight excluding hydrogens is 228 g/mol. The predicted octanol–water partition coefficient (Wildman–Crippen LogP) is 1.65. The average Bonchev–Trinajstić information content (AvgIpc) is 2.48. The molecule has 78 valence electrons. The first-order valence-electron chi connectivity index (χ1n) is 5.15. The van der Waals surface area contributed by atoms with Crippen LogP contribution in [0.25, 0.3) is 0 Å². The van der Waals surface area contributed by atoms with Crippen LogP contribution in [0.15, 0.2) is 0 Å². The minimum absolute atomic E-state index is 0.908. The molecule has 0 amide bonds. The number of hydrogen-bond acceptors (Lipinski definition) is 2. The van der Waals surface area contributed by atoms with Gasteiger partial charge in [-0.3, -0.25) is 0 Å². The van der Waals surface area contributed by atoms with Crippen LogP contribution in [-0.4, -0.2) is 55.4 Å². The minimum Gasteiger partial charge on any atom is -0.306 e. The quantitative estimate of drug-likeness (QED) is 0.684. The van der Waals surface area contributed by atoms with Crippen LogP contribution in [0, 0.1) is 5.92 Å². The molecule has 0 aromatic rings. The number of likely N-dealkylation sites (tertiary alicyclic amines) is 1. The lowest BCUT2D eigenvalue weighted by molar-refractivity contribution is 0.275. The maximum absolute atomic E-state index is 3.47. The summed E-state index contributed by atoms with van der Waals surface area (Å²) < 4.78 is 0. The van der Waals surface area contributed by atoms with Crippen LogP contribution in [0.3, 0.4) is 0 Å². The molecule has 0 radical (unpaired) electrons. The highest BCUT2D eigenvalue weighted by molar-refractivity contribution is 9.09. The van der Waals surface area contributed by atoms with Crippen molar-refractivity contribution in [3.05, 3.63) is 0 Å². The molecule has 1 atom stereocenters. The smallest absolute Gasteiger partial charge is 0.00434 e. The molecule has 1 saturated heterocycles. The average molecular weight is 249 g/mol. The summed E-state index contributed by atoms with van der Waals surface area (Å²) in [5.41, 5.74) is 0. The number of nitrogens with zero attached hydrogens (tertiary/aromatic N) is 2. The second-order valence-electron chi connectivity index (χ2n) is 4.22. The second kappa shape index (κ2) is 5.99. The Hall–Kier alpha value is 0.400. The molecule has 2 nitrogen and oxygen atoms in total. The van der Waals surface area contributed by atoms with E-state index in [4.69, 9.17) is 0 Å². The Morgan fingerprint density at radius 2 is 2.31 bits per heavy atom. The van der Waals surface area contributed by atoms with E-state index in [1.807, 2.05) is 0 Å². The molecule has 0 aliphatic carbocycles. The highest BCUT2D eigenvalue weighted by Crippen LogP contribution is 2.15. The van der Waals surface area contributed by atoms with Crippen LogP contribution in [0.5, 0.6) is 0 Å². The van der Waals surface area contributed by atoms with Crippen molar-refractivity contribution < 1.29 is 0 Å². The molecule has 1 rings (SSSR count). The SMILES string of the molecule is CN(CCCBr)CC1CCN(C)C1. The van der Waals surface area contributed by atoms with E-state index in [0.29, 0.717) is 0 Å². The van der Waals surface area contributed by atoms with E-state index in [-0.39, 0.29) is 0 Å².